The van der Waals surface area contributed by atoms with E-state index in [9.17, 15) is 9.59 Å². The Balaban J connectivity index is 2.36. The van der Waals surface area contributed by atoms with E-state index in [4.69, 9.17) is 9.84 Å². The first-order valence-corrected chi connectivity index (χ1v) is 6.21. The van der Waals surface area contributed by atoms with Crippen molar-refractivity contribution in [3.05, 3.63) is 29.8 Å². The molecular weight excluding hydrogens is 246 g/mol. The zero-order valence-corrected chi connectivity index (χ0v) is 11.0. The number of ether oxygens (including phenoxy) is 1. The number of benzene rings is 1. The molecule has 5 heteroatoms. The average molecular weight is 265 g/mol. The Labute approximate surface area is 112 Å². The molecule has 2 N–H and O–H groups in total. The third kappa shape index (κ3) is 6.57. The lowest BCUT2D eigenvalue weighted by molar-refractivity contribution is -0.136. The second kappa shape index (κ2) is 8.26. The summed E-state index contributed by atoms with van der Waals surface area (Å²) in [6.07, 6.45) is 2.10. The molecule has 0 aliphatic rings. The maximum atomic E-state index is 11.6. The lowest BCUT2D eigenvalue weighted by Gasteiger charge is -2.06. The van der Waals surface area contributed by atoms with Gasteiger partial charge in [0.25, 0.3) is 0 Å². The van der Waals surface area contributed by atoms with E-state index in [1.54, 1.807) is 31.4 Å². The number of carbonyl (C=O) groups is 2. The number of methoxy groups -OCH3 is 1. The van der Waals surface area contributed by atoms with Crippen LogP contribution in [0.1, 0.15) is 24.8 Å². The molecule has 0 aromatic heterocycles. The summed E-state index contributed by atoms with van der Waals surface area (Å²) in [7, 11) is 1.64. The number of aliphatic carboxylic acids is 1. The van der Waals surface area contributed by atoms with Crippen LogP contribution in [0.3, 0.4) is 0 Å². The molecule has 0 saturated heterocycles. The van der Waals surface area contributed by atoms with E-state index >= 15 is 0 Å². The summed E-state index contributed by atoms with van der Waals surface area (Å²) in [4.78, 5) is 22.1. The van der Waals surface area contributed by atoms with E-state index in [-0.39, 0.29) is 12.3 Å². The maximum Gasteiger partial charge on any atom is 0.307 e. The molecule has 104 valence electrons. The fraction of sp³-hybridized carbons (Fsp3) is 0.429. The highest BCUT2D eigenvalue weighted by molar-refractivity contribution is 5.90. The van der Waals surface area contributed by atoms with E-state index in [1.807, 2.05) is 0 Å². The van der Waals surface area contributed by atoms with Crippen LogP contribution in [0.2, 0.25) is 0 Å². The number of hydrogen-bond acceptors (Lipinski definition) is 3. The zero-order chi connectivity index (χ0) is 14.1. The smallest absolute Gasteiger partial charge is 0.307 e. The Kier molecular flexibility index (Phi) is 6.60. The van der Waals surface area contributed by atoms with Crippen LogP contribution in [0.5, 0.6) is 0 Å². The number of amides is 1. The molecule has 1 amide bonds. The number of carboxylic acids is 1. The minimum absolute atomic E-state index is 0.00869. The Morgan fingerprint density at radius 3 is 2.47 bits per heavy atom. The molecule has 0 fully saturated rings. The van der Waals surface area contributed by atoms with Crippen molar-refractivity contribution in [1.82, 2.24) is 0 Å². The van der Waals surface area contributed by atoms with E-state index in [2.05, 4.69) is 5.32 Å². The van der Waals surface area contributed by atoms with Gasteiger partial charge in [0, 0.05) is 25.8 Å². The normalized spacial score (nSPS) is 10.2. The molecule has 1 aromatic carbocycles. The van der Waals surface area contributed by atoms with Crippen LogP contribution in [-0.4, -0.2) is 30.7 Å². The van der Waals surface area contributed by atoms with Crippen LogP contribution in [0.25, 0.3) is 0 Å². The number of nitrogens with one attached hydrogen (secondary N) is 1. The van der Waals surface area contributed by atoms with E-state index in [0.29, 0.717) is 24.3 Å². The second-order valence-electron chi connectivity index (χ2n) is 4.27. The number of carboxylic acid groups (broad SMARTS) is 1. The van der Waals surface area contributed by atoms with Crippen LogP contribution in [0.4, 0.5) is 5.69 Å². The summed E-state index contributed by atoms with van der Waals surface area (Å²) < 4.78 is 4.91. The van der Waals surface area contributed by atoms with Crippen LogP contribution in [0, 0.1) is 0 Å². The number of rotatable bonds is 8. The number of unbranched alkanes of at least 4 members (excludes halogenated alkanes) is 1. The number of carbonyl (C=O) groups excluding carboxylic acids is 1. The highest BCUT2D eigenvalue weighted by atomic mass is 16.5. The lowest BCUT2D eigenvalue weighted by atomic mass is 10.1. The zero-order valence-electron chi connectivity index (χ0n) is 11.0. The Morgan fingerprint density at radius 2 is 1.89 bits per heavy atom. The third-order valence-electron chi connectivity index (χ3n) is 2.60. The maximum absolute atomic E-state index is 11.6. The van der Waals surface area contributed by atoms with E-state index in [0.717, 1.165) is 12.8 Å². The molecule has 0 radical (unpaired) electrons. The van der Waals surface area contributed by atoms with Gasteiger partial charge < -0.3 is 15.2 Å². The van der Waals surface area contributed by atoms with Crippen molar-refractivity contribution < 1.29 is 19.4 Å². The standard InChI is InChI=1S/C14H19NO4/c1-19-9-3-2-4-13(16)15-12-7-5-11(6-8-12)10-14(17)18/h5-8H,2-4,9-10H2,1H3,(H,15,16)(H,17,18). The van der Waals surface area contributed by atoms with Crippen molar-refractivity contribution in [2.45, 2.75) is 25.7 Å². The van der Waals surface area contributed by atoms with Gasteiger partial charge in [-0.2, -0.15) is 0 Å². The van der Waals surface area contributed by atoms with Gasteiger partial charge in [0.2, 0.25) is 5.91 Å². The fourth-order valence-electron chi connectivity index (χ4n) is 1.64. The average Bonchev–Trinajstić information content (AvgIpc) is 2.36. The van der Waals surface area contributed by atoms with Gasteiger partial charge >= 0.3 is 5.97 Å². The molecule has 5 nitrogen and oxygen atoms in total. The van der Waals surface area contributed by atoms with Gasteiger partial charge in [0.05, 0.1) is 6.42 Å². The fourth-order valence-corrected chi connectivity index (χ4v) is 1.64. The minimum Gasteiger partial charge on any atom is -0.481 e. The molecule has 0 saturated carbocycles. The molecule has 0 aliphatic carbocycles. The van der Waals surface area contributed by atoms with Gasteiger partial charge in [-0.15, -0.1) is 0 Å². The summed E-state index contributed by atoms with van der Waals surface area (Å²) in [6, 6.07) is 6.83. The van der Waals surface area contributed by atoms with Gasteiger partial charge in [0.1, 0.15) is 0 Å². The first kappa shape index (κ1) is 15.2. The molecule has 0 unspecified atom stereocenters. The monoisotopic (exact) mass is 265 g/mol. The molecule has 0 aliphatic heterocycles. The predicted octanol–water partition coefficient (Wildman–Crippen LogP) is 2.07. The van der Waals surface area contributed by atoms with Crippen LogP contribution < -0.4 is 5.32 Å². The summed E-state index contributed by atoms with van der Waals surface area (Å²) >= 11 is 0. The summed E-state index contributed by atoms with van der Waals surface area (Å²) in [5, 5.41) is 11.4. The summed E-state index contributed by atoms with van der Waals surface area (Å²) in [5.41, 5.74) is 1.40. The minimum atomic E-state index is -0.866. The van der Waals surface area contributed by atoms with Gasteiger partial charge in [-0.3, -0.25) is 9.59 Å². The Bertz CT molecular complexity index is 414. The number of anilines is 1. The largest absolute Gasteiger partial charge is 0.481 e. The molecule has 1 aromatic rings. The van der Waals surface area contributed by atoms with Crippen LogP contribution in [0.15, 0.2) is 24.3 Å². The lowest BCUT2D eigenvalue weighted by Crippen LogP contribution is -2.11. The Hall–Kier alpha value is -1.88. The second-order valence-corrected chi connectivity index (χ2v) is 4.27. The highest BCUT2D eigenvalue weighted by Crippen LogP contribution is 2.11. The topological polar surface area (TPSA) is 75.6 Å². The van der Waals surface area contributed by atoms with E-state index < -0.39 is 5.97 Å². The van der Waals surface area contributed by atoms with E-state index in [1.165, 1.54) is 0 Å². The van der Waals surface area contributed by atoms with Crippen molar-refractivity contribution in [1.29, 1.82) is 0 Å². The molecular formula is C14H19NO4. The molecule has 0 heterocycles. The summed E-state index contributed by atoms with van der Waals surface area (Å²) in [5.74, 6) is -0.906. The van der Waals surface area contributed by atoms with Crippen LogP contribution in [-0.2, 0) is 20.7 Å². The first-order valence-electron chi connectivity index (χ1n) is 6.21. The molecule has 0 atom stereocenters. The van der Waals surface area contributed by atoms with Crippen molar-refractivity contribution in [2.75, 3.05) is 19.0 Å². The predicted molar refractivity (Wildman–Crippen MR) is 72.1 cm³/mol. The van der Waals surface area contributed by atoms with Crippen molar-refractivity contribution in [3.63, 3.8) is 0 Å². The molecule has 1 rings (SSSR count). The highest BCUT2D eigenvalue weighted by Gasteiger charge is 2.03. The Morgan fingerprint density at radius 1 is 1.21 bits per heavy atom. The van der Waals surface area contributed by atoms with Gasteiger partial charge in [-0.1, -0.05) is 12.1 Å². The quantitative estimate of drug-likeness (QED) is 0.705. The van der Waals surface area contributed by atoms with Crippen molar-refractivity contribution in [3.8, 4) is 0 Å². The van der Waals surface area contributed by atoms with Gasteiger partial charge in [0.15, 0.2) is 0 Å². The third-order valence-corrected chi connectivity index (χ3v) is 2.60. The van der Waals surface area contributed by atoms with Gasteiger partial charge in [-0.05, 0) is 30.5 Å². The summed E-state index contributed by atoms with van der Waals surface area (Å²) in [6.45, 7) is 0.664. The molecule has 0 spiro atoms. The van der Waals surface area contributed by atoms with Crippen LogP contribution >= 0.6 is 0 Å². The van der Waals surface area contributed by atoms with Crippen molar-refractivity contribution >= 4 is 17.6 Å². The van der Waals surface area contributed by atoms with Crippen molar-refractivity contribution in [2.24, 2.45) is 0 Å². The molecule has 19 heavy (non-hydrogen) atoms. The van der Waals surface area contributed by atoms with Gasteiger partial charge in [-0.25, -0.2) is 0 Å². The first-order chi connectivity index (χ1) is 9.11. The SMILES string of the molecule is COCCCCC(=O)Nc1ccc(CC(=O)O)cc1. The number of hydrogen-bond donors (Lipinski definition) is 2. The molecule has 0 bridgehead atoms.